The highest BCUT2D eigenvalue weighted by Gasteiger charge is 2.63. The first-order valence-electron chi connectivity index (χ1n) is 16.8. The van der Waals surface area contributed by atoms with E-state index in [-0.39, 0.29) is 31.4 Å². The molecule has 2 aliphatic heterocycles. The minimum atomic E-state index is -4.01. The summed E-state index contributed by atoms with van der Waals surface area (Å²) in [6, 6.07) is 4.71. The van der Waals surface area contributed by atoms with Gasteiger partial charge in [-0.3, -0.25) is 19.1 Å². The fourth-order valence-corrected chi connectivity index (χ4v) is 8.10. The van der Waals surface area contributed by atoms with Crippen molar-refractivity contribution in [1.82, 2.24) is 25.2 Å². The number of nitrogens with one attached hydrogen (secondary N) is 3. The molecule has 0 radical (unpaired) electrons. The number of aromatic nitrogens is 1. The fraction of sp³-hybridized carbons (Fsp3) is 0.559. The van der Waals surface area contributed by atoms with E-state index >= 15 is 0 Å². The van der Waals surface area contributed by atoms with E-state index in [2.05, 4.69) is 20.3 Å². The molecule has 2 aliphatic carbocycles. The van der Waals surface area contributed by atoms with E-state index in [9.17, 15) is 32.7 Å². The zero-order chi connectivity index (χ0) is 36.0. The maximum Gasteiger partial charge on any atom is 0.405 e. The van der Waals surface area contributed by atoms with Crippen LogP contribution in [0, 0.1) is 5.92 Å². The largest absolute Gasteiger partial charge is 0.494 e. The second-order valence-electron chi connectivity index (χ2n) is 13.9. The highest BCUT2D eigenvalue weighted by molar-refractivity contribution is 7.91. The van der Waals surface area contributed by atoms with Crippen LogP contribution < -0.4 is 24.8 Å². The lowest BCUT2D eigenvalue weighted by Gasteiger charge is -2.32. The lowest BCUT2D eigenvalue weighted by Crippen LogP contribution is -2.60. The maximum atomic E-state index is 14.2. The normalized spacial score (nSPS) is 31.6. The molecule has 2 saturated carbocycles. The highest BCUT2D eigenvalue weighted by atomic mass is 32.2. The number of carbonyl (C=O) groups excluding carboxylic acids is 3. The average Bonchev–Trinajstić information content (AvgIpc) is 3.95. The Morgan fingerprint density at radius 3 is 2.56 bits per heavy atom. The maximum absolute atomic E-state index is 14.2. The van der Waals surface area contributed by atoms with Gasteiger partial charge in [0.1, 0.15) is 29.5 Å². The summed E-state index contributed by atoms with van der Waals surface area (Å²) in [5.74, 6) is -1.98. The molecule has 16 heteroatoms. The van der Waals surface area contributed by atoms with Gasteiger partial charge in [0.15, 0.2) is 0 Å². The molecule has 1 saturated heterocycles. The summed E-state index contributed by atoms with van der Waals surface area (Å²) < 4.78 is 45.1. The van der Waals surface area contributed by atoms with Crippen LogP contribution in [0.15, 0.2) is 42.6 Å². The van der Waals surface area contributed by atoms with Gasteiger partial charge in [-0.15, -0.1) is 0 Å². The van der Waals surface area contributed by atoms with E-state index in [4.69, 9.17) is 14.2 Å². The molecular formula is C34H43N5O10S. The van der Waals surface area contributed by atoms with Crippen LogP contribution in [0.25, 0.3) is 10.8 Å². The average molecular weight is 714 g/mol. The second kappa shape index (κ2) is 13.4. The van der Waals surface area contributed by atoms with Crippen molar-refractivity contribution < 1.29 is 46.9 Å². The number of methoxy groups -OCH3 is 1. The first-order valence-corrected chi connectivity index (χ1v) is 18.3. The standard InChI is InChI=1S/C34H43N5O10S/c1-19-9-5-6-10-21-16-34(21,31(42)38-50(45,46)33(3)13-14-33)37-28(40)25-15-22(18-39(25)30(41)27(20(2)48-19)36-32(43)44)49-29-24-12-8-7-11-23(24)26(47-4)17-35-29/h6-8,10-12,17,19-22,25,27,36H,5,9,13-16,18H2,1-4H3,(H,37,40)(H,38,42)(H,43,44)/b10-6-/t19-,20+,21-,22-,25+,27+,34-/m1/s1. The fourth-order valence-electron chi connectivity index (χ4n) is 6.79. The Bertz CT molecular complexity index is 1830. The summed E-state index contributed by atoms with van der Waals surface area (Å²) in [5.41, 5.74) is -1.57. The van der Waals surface area contributed by atoms with Gasteiger partial charge >= 0.3 is 6.09 Å². The number of carboxylic acid groups (broad SMARTS) is 1. The molecule has 4 amide bonds. The van der Waals surface area contributed by atoms with Gasteiger partial charge in [-0.25, -0.2) is 18.2 Å². The third-order valence-corrected chi connectivity index (χ3v) is 12.4. The van der Waals surface area contributed by atoms with Crippen LogP contribution in [0.3, 0.4) is 0 Å². The summed E-state index contributed by atoms with van der Waals surface area (Å²) in [5, 5.41) is 16.1. The highest BCUT2D eigenvalue weighted by Crippen LogP contribution is 2.47. The van der Waals surface area contributed by atoms with E-state index in [1.54, 1.807) is 26.0 Å². The van der Waals surface area contributed by atoms with Crippen LogP contribution in [0.1, 0.15) is 59.3 Å². The molecule has 6 rings (SSSR count). The van der Waals surface area contributed by atoms with Crippen molar-refractivity contribution in [3.05, 3.63) is 42.6 Å². The predicted octanol–water partition coefficient (Wildman–Crippen LogP) is 2.24. The number of allylic oxidation sites excluding steroid dienone is 1. The van der Waals surface area contributed by atoms with Crippen LogP contribution in [-0.2, 0) is 29.1 Å². The van der Waals surface area contributed by atoms with Crippen molar-refractivity contribution >= 4 is 44.6 Å². The van der Waals surface area contributed by atoms with Crippen LogP contribution >= 0.6 is 0 Å². The topological polar surface area (TPSA) is 203 Å². The smallest absolute Gasteiger partial charge is 0.405 e. The van der Waals surface area contributed by atoms with E-state index in [0.717, 1.165) is 5.39 Å². The minimum absolute atomic E-state index is 0.0282. The van der Waals surface area contributed by atoms with Crippen molar-refractivity contribution in [3.63, 3.8) is 0 Å². The summed E-state index contributed by atoms with van der Waals surface area (Å²) in [6.07, 6.45) is 3.66. The molecule has 15 nitrogen and oxygen atoms in total. The van der Waals surface area contributed by atoms with E-state index in [1.165, 1.54) is 18.2 Å². The van der Waals surface area contributed by atoms with Gasteiger partial charge in [0.05, 0.1) is 36.8 Å². The number of amides is 4. The number of rotatable bonds is 7. The molecule has 1 aromatic carbocycles. The minimum Gasteiger partial charge on any atom is -0.494 e. The number of pyridine rings is 1. The van der Waals surface area contributed by atoms with E-state index < -0.39 is 74.3 Å². The van der Waals surface area contributed by atoms with E-state index in [1.807, 2.05) is 31.2 Å². The Morgan fingerprint density at radius 2 is 1.88 bits per heavy atom. The first-order chi connectivity index (χ1) is 23.7. The Labute approximate surface area is 290 Å². The number of fused-ring (bicyclic) bond motifs is 3. The van der Waals surface area contributed by atoms with Crippen LogP contribution in [-0.4, -0.2) is 102 Å². The van der Waals surface area contributed by atoms with Crippen molar-refractivity contribution in [2.24, 2.45) is 5.92 Å². The Morgan fingerprint density at radius 1 is 1.16 bits per heavy atom. The van der Waals surface area contributed by atoms with Gasteiger partial charge in [0.2, 0.25) is 27.7 Å². The van der Waals surface area contributed by atoms with Gasteiger partial charge in [-0.05, 0) is 58.9 Å². The number of sulfonamides is 1. The van der Waals surface area contributed by atoms with Gasteiger partial charge in [-0.1, -0.05) is 30.4 Å². The van der Waals surface area contributed by atoms with Crippen molar-refractivity contribution in [1.29, 1.82) is 0 Å². The van der Waals surface area contributed by atoms with Gasteiger partial charge < -0.3 is 34.9 Å². The molecule has 0 spiro atoms. The van der Waals surface area contributed by atoms with Crippen molar-refractivity contribution in [3.8, 4) is 11.6 Å². The number of hydrogen-bond acceptors (Lipinski definition) is 10. The second-order valence-corrected chi connectivity index (χ2v) is 16.1. The third-order valence-electron chi connectivity index (χ3n) is 10.2. The number of nitrogens with zero attached hydrogens (tertiary/aromatic N) is 2. The Balaban J connectivity index is 1.34. The SMILES string of the molecule is COc1cnc(O[C@@H]2C[C@H]3C(=O)N[C@]4(C(=O)NS(=O)(=O)C5(C)CC5)C[C@H]4/C=C\CC[C@@H](C)O[C@@H](C)[C@H](NC(=O)O)C(=O)N3C2)c2ccccc12. The monoisotopic (exact) mass is 713 g/mol. The molecule has 270 valence electrons. The van der Waals surface area contributed by atoms with Crippen LogP contribution in [0.4, 0.5) is 4.79 Å². The van der Waals surface area contributed by atoms with Gasteiger partial charge in [0.25, 0.3) is 5.91 Å². The van der Waals surface area contributed by atoms with Crippen LogP contribution in [0.5, 0.6) is 11.6 Å². The third kappa shape index (κ3) is 6.82. The van der Waals surface area contributed by atoms with Crippen molar-refractivity contribution in [2.45, 2.75) is 100.0 Å². The molecule has 0 bridgehead atoms. The predicted molar refractivity (Wildman–Crippen MR) is 180 cm³/mol. The Hall–Kier alpha value is -4.44. The van der Waals surface area contributed by atoms with Gasteiger partial charge in [0, 0.05) is 23.1 Å². The van der Waals surface area contributed by atoms with Crippen molar-refractivity contribution in [2.75, 3.05) is 13.7 Å². The molecular weight excluding hydrogens is 670 g/mol. The summed E-state index contributed by atoms with van der Waals surface area (Å²) in [4.78, 5) is 59.8. The molecule has 2 aromatic rings. The lowest BCUT2D eigenvalue weighted by atomic mass is 10.1. The number of benzene rings is 1. The summed E-state index contributed by atoms with van der Waals surface area (Å²) >= 11 is 0. The molecule has 4 aliphatic rings. The summed E-state index contributed by atoms with van der Waals surface area (Å²) in [7, 11) is -2.48. The molecule has 0 unspecified atom stereocenters. The molecule has 4 N–H and O–H groups in total. The summed E-state index contributed by atoms with van der Waals surface area (Å²) in [6.45, 7) is 4.84. The van der Waals surface area contributed by atoms with Gasteiger partial charge in [-0.2, -0.15) is 0 Å². The zero-order valence-corrected chi connectivity index (χ0v) is 29.2. The molecule has 7 atom stereocenters. The molecule has 50 heavy (non-hydrogen) atoms. The zero-order valence-electron chi connectivity index (χ0n) is 28.4. The quantitative estimate of drug-likeness (QED) is 0.307. The Kier molecular flexibility index (Phi) is 9.45. The number of hydrogen-bond donors (Lipinski definition) is 4. The molecule has 1 aromatic heterocycles. The molecule has 3 fully saturated rings. The number of ether oxygens (including phenoxy) is 3. The first kappa shape index (κ1) is 35.4. The van der Waals surface area contributed by atoms with Crippen LogP contribution in [0.2, 0.25) is 0 Å². The molecule has 3 heterocycles. The number of carbonyl (C=O) groups is 4. The van der Waals surface area contributed by atoms with E-state index in [0.29, 0.717) is 36.8 Å². The lowest BCUT2D eigenvalue weighted by molar-refractivity contribution is -0.144.